The minimum atomic E-state index is -3.64. The van der Waals surface area contributed by atoms with Gasteiger partial charge in [0.2, 0.25) is 15.9 Å². The molecule has 9 heteroatoms. The van der Waals surface area contributed by atoms with Crippen molar-refractivity contribution in [3.8, 4) is 17.6 Å². The van der Waals surface area contributed by atoms with E-state index in [1.807, 2.05) is 29.2 Å². The predicted octanol–water partition coefficient (Wildman–Crippen LogP) is 3.09. The van der Waals surface area contributed by atoms with Gasteiger partial charge in [0, 0.05) is 25.6 Å². The van der Waals surface area contributed by atoms with Gasteiger partial charge in [-0.1, -0.05) is 6.07 Å². The maximum absolute atomic E-state index is 13.4. The summed E-state index contributed by atoms with van der Waals surface area (Å²) in [6.45, 7) is 2.39. The molecule has 0 aliphatic carbocycles. The van der Waals surface area contributed by atoms with Crippen LogP contribution in [0, 0.1) is 17.2 Å². The number of piperidine rings is 1. The molecule has 0 aromatic heterocycles. The molecule has 0 radical (unpaired) electrons. The highest BCUT2D eigenvalue weighted by atomic mass is 32.2. The molecule has 34 heavy (non-hydrogen) atoms. The van der Waals surface area contributed by atoms with Crippen molar-refractivity contribution in [3.05, 3.63) is 53.6 Å². The fraction of sp³-hybridized carbons (Fsp3) is 0.440. The van der Waals surface area contributed by atoms with E-state index in [0.29, 0.717) is 51.3 Å². The van der Waals surface area contributed by atoms with Crippen molar-refractivity contribution in [1.82, 2.24) is 9.21 Å². The van der Waals surface area contributed by atoms with Gasteiger partial charge in [-0.3, -0.25) is 4.79 Å². The SMILES string of the molecule is N#Cc1ccc(S(=O)(=O)N2CCC(C(=O)N3CCC[C@@H]3c3ccc4c(c3)OCCO4)CC2)cc1. The molecule has 0 bridgehead atoms. The number of amides is 1. The number of carbonyl (C=O) groups excluding carboxylic acids is 1. The number of benzene rings is 2. The smallest absolute Gasteiger partial charge is 0.243 e. The Morgan fingerprint density at radius 1 is 0.941 bits per heavy atom. The highest BCUT2D eigenvalue weighted by Crippen LogP contribution is 2.39. The molecule has 0 saturated carbocycles. The van der Waals surface area contributed by atoms with Crippen LogP contribution in [0.2, 0.25) is 0 Å². The zero-order chi connectivity index (χ0) is 23.7. The molecule has 0 unspecified atom stereocenters. The van der Waals surface area contributed by atoms with Crippen molar-refractivity contribution in [2.24, 2.45) is 5.92 Å². The number of carbonyl (C=O) groups is 1. The molecule has 3 aliphatic rings. The van der Waals surface area contributed by atoms with Gasteiger partial charge in [0.25, 0.3) is 0 Å². The van der Waals surface area contributed by atoms with Crippen LogP contribution in [0.1, 0.15) is 42.9 Å². The molecule has 2 aromatic rings. The third-order valence-corrected chi connectivity index (χ3v) is 8.82. The summed E-state index contributed by atoms with van der Waals surface area (Å²) in [5.41, 5.74) is 1.47. The van der Waals surface area contributed by atoms with Crippen molar-refractivity contribution in [1.29, 1.82) is 5.26 Å². The van der Waals surface area contributed by atoms with Gasteiger partial charge in [0.05, 0.1) is 22.6 Å². The quantitative estimate of drug-likeness (QED) is 0.665. The Labute approximate surface area is 199 Å². The Kier molecular flexibility index (Phi) is 6.19. The molecule has 0 spiro atoms. The summed E-state index contributed by atoms with van der Waals surface area (Å²) >= 11 is 0. The maximum atomic E-state index is 13.4. The molecular weight excluding hydrogens is 454 g/mol. The van der Waals surface area contributed by atoms with Crippen LogP contribution < -0.4 is 9.47 Å². The van der Waals surface area contributed by atoms with Crippen LogP contribution >= 0.6 is 0 Å². The van der Waals surface area contributed by atoms with Crippen molar-refractivity contribution < 1.29 is 22.7 Å². The van der Waals surface area contributed by atoms with Crippen molar-refractivity contribution >= 4 is 15.9 Å². The number of ether oxygens (including phenoxy) is 2. The Bertz CT molecular complexity index is 1210. The van der Waals surface area contributed by atoms with Gasteiger partial charge in [-0.15, -0.1) is 0 Å². The van der Waals surface area contributed by atoms with E-state index in [2.05, 4.69) is 0 Å². The van der Waals surface area contributed by atoms with E-state index in [4.69, 9.17) is 14.7 Å². The number of sulfonamides is 1. The first-order valence-electron chi connectivity index (χ1n) is 11.7. The van der Waals surface area contributed by atoms with Gasteiger partial charge in [-0.05, 0) is 67.6 Å². The number of nitriles is 1. The van der Waals surface area contributed by atoms with Gasteiger partial charge in [-0.25, -0.2) is 8.42 Å². The van der Waals surface area contributed by atoms with Crippen LogP contribution in [0.3, 0.4) is 0 Å². The second-order valence-corrected chi connectivity index (χ2v) is 10.8. The molecule has 1 atom stereocenters. The number of hydrogen-bond acceptors (Lipinski definition) is 6. The lowest BCUT2D eigenvalue weighted by molar-refractivity contribution is -0.137. The summed E-state index contributed by atoms with van der Waals surface area (Å²) in [5, 5.41) is 8.94. The van der Waals surface area contributed by atoms with Crippen LogP contribution in [-0.4, -0.2) is 56.4 Å². The van der Waals surface area contributed by atoms with E-state index in [0.717, 1.165) is 29.9 Å². The summed E-state index contributed by atoms with van der Waals surface area (Å²) in [7, 11) is -3.64. The monoisotopic (exact) mass is 481 g/mol. The zero-order valence-electron chi connectivity index (χ0n) is 18.9. The largest absolute Gasteiger partial charge is 0.486 e. The molecular formula is C25H27N3O5S. The third kappa shape index (κ3) is 4.24. The van der Waals surface area contributed by atoms with Crippen molar-refractivity contribution in [2.45, 2.75) is 36.6 Å². The van der Waals surface area contributed by atoms with Crippen molar-refractivity contribution in [2.75, 3.05) is 32.8 Å². The summed E-state index contributed by atoms with van der Waals surface area (Å²) in [5.74, 6) is 1.38. The Morgan fingerprint density at radius 3 is 2.35 bits per heavy atom. The van der Waals surface area contributed by atoms with E-state index < -0.39 is 10.0 Å². The van der Waals surface area contributed by atoms with E-state index in [9.17, 15) is 13.2 Å². The molecule has 1 amide bonds. The highest BCUT2D eigenvalue weighted by molar-refractivity contribution is 7.89. The highest BCUT2D eigenvalue weighted by Gasteiger charge is 2.38. The second kappa shape index (κ2) is 9.28. The van der Waals surface area contributed by atoms with Gasteiger partial charge in [0.15, 0.2) is 11.5 Å². The van der Waals surface area contributed by atoms with Crippen molar-refractivity contribution in [3.63, 3.8) is 0 Å². The Balaban J connectivity index is 1.25. The fourth-order valence-electron chi connectivity index (χ4n) is 5.07. The van der Waals surface area contributed by atoms with Gasteiger partial charge in [0.1, 0.15) is 13.2 Å². The minimum Gasteiger partial charge on any atom is -0.486 e. The normalized spacial score (nSPS) is 21.3. The Hall–Kier alpha value is -3.09. The molecule has 8 nitrogen and oxygen atoms in total. The van der Waals surface area contributed by atoms with Crippen LogP contribution in [-0.2, 0) is 14.8 Å². The first kappa shape index (κ1) is 22.7. The zero-order valence-corrected chi connectivity index (χ0v) is 19.7. The number of likely N-dealkylation sites (tertiary alicyclic amines) is 1. The number of nitrogens with zero attached hydrogens (tertiary/aromatic N) is 3. The average molecular weight is 482 g/mol. The topological polar surface area (TPSA) is 99.9 Å². The summed E-state index contributed by atoms with van der Waals surface area (Å²) in [4.78, 5) is 15.6. The van der Waals surface area contributed by atoms with Crippen LogP contribution in [0.5, 0.6) is 11.5 Å². The van der Waals surface area contributed by atoms with Gasteiger partial charge in [-0.2, -0.15) is 9.57 Å². The predicted molar refractivity (Wildman–Crippen MR) is 124 cm³/mol. The Morgan fingerprint density at radius 2 is 1.65 bits per heavy atom. The lowest BCUT2D eigenvalue weighted by Crippen LogP contribution is -2.44. The summed E-state index contributed by atoms with van der Waals surface area (Å²) < 4.78 is 38.8. The average Bonchev–Trinajstić information content (AvgIpc) is 3.38. The molecule has 2 aromatic carbocycles. The summed E-state index contributed by atoms with van der Waals surface area (Å²) in [6.07, 6.45) is 2.84. The van der Waals surface area contributed by atoms with E-state index in [1.54, 1.807) is 0 Å². The molecule has 0 N–H and O–H groups in total. The first-order valence-corrected chi connectivity index (χ1v) is 13.1. The van der Waals surface area contributed by atoms with Crippen LogP contribution in [0.25, 0.3) is 0 Å². The molecule has 178 valence electrons. The first-order chi connectivity index (χ1) is 16.5. The molecule has 3 aliphatic heterocycles. The van der Waals surface area contributed by atoms with E-state index >= 15 is 0 Å². The number of hydrogen-bond donors (Lipinski definition) is 0. The van der Waals surface area contributed by atoms with Gasteiger partial charge < -0.3 is 14.4 Å². The van der Waals surface area contributed by atoms with Crippen LogP contribution in [0.4, 0.5) is 0 Å². The maximum Gasteiger partial charge on any atom is 0.243 e. The van der Waals surface area contributed by atoms with Gasteiger partial charge >= 0.3 is 0 Å². The number of fused-ring (bicyclic) bond motifs is 1. The molecule has 5 rings (SSSR count). The lowest BCUT2D eigenvalue weighted by Gasteiger charge is -2.34. The fourth-order valence-corrected chi connectivity index (χ4v) is 6.54. The standard InChI is InChI=1S/C25H27N3O5S/c26-17-18-3-6-21(7-4-18)34(30,31)27-12-9-19(10-13-27)25(29)28-11-1-2-22(28)20-5-8-23-24(16-20)33-15-14-32-23/h3-8,16,19,22H,1-2,9-15H2/t22-/m1/s1. The third-order valence-electron chi connectivity index (χ3n) is 6.91. The van der Waals surface area contributed by atoms with Crippen LogP contribution in [0.15, 0.2) is 47.4 Å². The lowest BCUT2D eigenvalue weighted by atomic mass is 9.95. The van der Waals surface area contributed by atoms with E-state index in [1.165, 1.54) is 28.6 Å². The molecule has 2 fully saturated rings. The summed E-state index contributed by atoms with van der Waals surface area (Å²) in [6, 6.07) is 13.9. The molecule has 3 heterocycles. The second-order valence-electron chi connectivity index (χ2n) is 8.91. The number of rotatable bonds is 4. The molecule has 2 saturated heterocycles. The van der Waals surface area contributed by atoms with E-state index in [-0.39, 0.29) is 22.8 Å². The minimum absolute atomic E-state index is 0.00346.